The Balaban J connectivity index is 1.51. The molecule has 1 aliphatic rings. The van der Waals surface area contributed by atoms with Crippen LogP contribution < -0.4 is 5.32 Å². The van der Waals surface area contributed by atoms with E-state index in [9.17, 15) is 4.79 Å². The van der Waals surface area contributed by atoms with Crippen molar-refractivity contribution in [2.45, 2.75) is 46.2 Å². The maximum absolute atomic E-state index is 12.2. The van der Waals surface area contributed by atoms with Gasteiger partial charge in [0.15, 0.2) is 0 Å². The molecule has 1 aromatic carbocycles. The predicted octanol–water partition coefficient (Wildman–Crippen LogP) is 3.22. The number of carbonyl (C=O) groups is 1. The van der Waals surface area contributed by atoms with Crippen molar-refractivity contribution >= 4 is 6.03 Å². The summed E-state index contributed by atoms with van der Waals surface area (Å²) in [5, 5.41) is 3.00. The molecule has 0 aliphatic carbocycles. The van der Waals surface area contributed by atoms with E-state index >= 15 is 0 Å². The van der Waals surface area contributed by atoms with Gasteiger partial charge >= 0.3 is 6.03 Å². The van der Waals surface area contributed by atoms with Gasteiger partial charge in [-0.3, -0.25) is 0 Å². The fraction of sp³-hybridized carbons (Fsp3) is 0.474. The average molecular weight is 326 g/mol. The highest BCUT2D eigenvalue weighted by atomic mass is 16.2. The molecule has 2 heterocycles. The summed E-state index contributed by atoms with van der Waals surface area (Å²) >= 11 is 0. The van der Waals surface area contributed by atoms with Crippen LogP contribution in [0.25, 0.3) is 0 Å². The highest BCUT2D eigenvalue weighted by Gasteiger charge is 2.34. The molecule has 2 amide bonds. The van der Waals surface area contributed by atoms with Crippen LogP contribution in [0.2, 0.25) is 0 Å². The van der Waals surface area contributed by atoms with Crippen LogP contribution in [-0.4, -0.2) is 33.6 Å². The number of nitrogens with zero attached hydrogens (tertiary/aromatic N) is 3. The van der Waals surface area contributed by atoms with E-state index in [4.69, 9.17) is 0 Å². The maximum Gasteiger partial charge on any atom is 0.317 e. The lowest BCUT2D eigenvalue weighted by Crippen LogP contribution is -2.53. The summed E-state index contributed by atoms with van der Waals surface area (Å²) in [4.78, 5) is 18.7. The van der Waals surface area contributed by atoms with Gasteiger partial charge in [0, 0.05) is 38.1 Å². The minimum Gasteiger partial charge on any atom is -0.334 e. The summed E-state index contributed by atoms with van der Waals surface area (Å²) in [7, 11) is 0. The number of nitrogens with one attached hydrogen (secondary N) is 1. The quantitative estimate of drug-likeness (QED) is 0.917. The number of hydrogen-bond donors (Lipinski definition) is 1. The first-order chi connectivity index (χ1) is 11.6. The van der Waals surface area contributed by atoms with E-state index in [-0.39, 0.29) is 6.03 Å². The Morgan fingerprint density at radius 2 is 1.96 bits per heavy atom. The Morgan fingerprint density at radius 3 is 2.62 bits per heavy atom. The summed E-state index contributed by atoms with van der Waals surface area (Å²) in [6.07, 6.45) is 3.03. The lowest BCUT2D eigenvalue weighted by atomic mass is 9.99. The van der Waals surface area contributed by atoms with Crippen LogP contribution in [0.3, 0.4) is 0 Å². The Hall–Kier alpha value is -2.30. The summed E-state index contributed by atoms with van der Waals surface area (Å²) in [6, 6.07) is 8.25. The monoisotopic (exact) mass is 326 g/mol. The number of hydrogen-bond acceptors (Lipinski definition) is 2. The number of amides is 2. The first kappa shape index (κ1) is 16.6. The zero-order valence-corrected chi connectivity index (χ0v) is 14.7. The van der Waals surface area contributed by atoms with Crippen molar-refractivity contribution in [1.82, 2.24) is 19.8 Å². The number of urea groups is 1. The van der Waals surface area contributed by atoms with Crippen molar-refractivity contribution in [1.29, 1.82) is 0 Å². The van der Waals surface area contributed by atoms with Gasteiger partial charge in [0.2, 0.25) is 0 Å². The van der Waals surface area contributed by atoms with E-state index in [1.807, 2.05) is 11.1 Å². The van der Waals surface area contributed by atoms with E-state index in [1.165, 1.54) is 11.3 Å². The van der Waals surface area contributed by atoms with E-state index < -0.39 is 0 Å². The molecule has 0 spiro atoms. The molecule has 1 N–H and O–H groups in total. The number of rotatable bonds is 5. The van der Waals surface area contributed by atoms with E-state index in [0.717, 1.165) is 37.4 Å². The molecule has 0 atom stereocenters. The second-order valence-electron chi connectivity index (χ2n) is 6.66. The zero-order valence-electron chi connectivity index (χ0n) is 14.7. The third-order valence-electron chi connectivity index (χ3n) is 4.63. The average Bonchev–Trinajstić information content (AvgIpc) is 2.87. The van der Waals surface area contributed by atoms with Gasteiger partial charge in [-0.15, -0.1) is 0 Å². The molecular formula is C19H26N4O. The molecule has 0 saturated carbocycles. The standard InChI is InChI=1S/C19H26N4O/c1-4-9-23-15(3)10-20-18(23)17-12-22(13-17)19(24)21-11-16-7-5-14(2)6-8-16/h5-8,10,17H,4,9,11-13H2,1-3H3,(H,21,24). The molecule has 3 rings (SSSR count). The van der Waals surface area contributed by atoms with Gasteiger partial charge in [0.25, 0.3) is 0 Å². The summed E-state index contributed by atoms with van der Waals surface area (Å²) in [5.41, 5.74) is 3.56. The highest BCUT2D eigenvalue weighted by molar-refractivity contribution is 5.75. The summed E-state index contributed by atoms with van der Waals surface area (Å²) < 4.78 is 2.28. The molecule has 1 aliphatic heterocycles. The normalized spacial score (nSPS) is 14.5. The number of aromatic nitrogens is 2. The molecule has 5 nitrogen and oxygen atoms in total. The third-order valence-corrected chi connectivity index (χ3v) is 4.63. The number of benzene rings is 1. The minimum absolute atomic E-state index is 0.0112. The smallest absolute Gasteiger partial charge is 0.317 e. The SMILES string of the molecule is CCCn1c(C)cnc1C1CN(C(=O)NCc2ccc(C)cc2)C1. The van der Waals surface area contributed by atoms with Crippen LogP contribution in [0.15, 0.2) is 30.5 Å². The summed E-state index contributed by atoms with van der Waals surface area (Å²) in [6.45, 7) is 9.40. The van der Waals surface area contributed by atoms with E-state index in [2.05, 4.69) is 59.9 Å². The fourth-order valence-corrected chi connectivity index (χ4v) is 3.12. The van der Waals surface area contributed by atoms with Gasteiger partial charge in [-0.2, -0.15) is 0 Å². The van der Waals surface area contributed by atoms with Crippen molar-refractivity contribution in [3.63, 3.8) is 0 Å². The zero-order chi connectivity index (χ0) is 17.1. The van der Waals surface area contributed by atoms with Gasteiger partial charge in [-0.1, -0.05) is 36.8 Å². The van der Waals surface area contributed by atoms with Crippen molar-refractivity contribution in [3.05, 3.63) is 53.1 Å². The number of aryl methyl sites for hydroxylation is 2. The molecule has 5 heteroatoms. The van der Waals surface area contributed by atoms with Crippen LogP contribution in [0.4, 0.5) is 4.79 Å². The lowest BCUT2D eigenvalue weighted by Gasteiger charge is -2.39. The van der Waals surface area contributed by atoms with E-state index in [1.54, 1.807) is 0 Å². The van der Waals surface area contributed by atoms with Crippen LogP contribution >= 0.6 is 0 Å². The first-order valence-electron chi connectivity index (χ1n) is 8.68. The Labute approximate surface area is 143 Å². The third kappa shape index (κ3) is 3.45. The topological polar surface area (TPSA) is 50.2 Å². The van der Waals surface area contributed by atoms with E-state index in [0.29, 0.717) is 12.5 Å². The van der Waals surface area contributed by atoms with Gasteiger partial charge in [-0.25, -0.2) is 9.78 Å². The largest absolute Gasteiger partial charge is 0.334 e. The Morgan fingerprint density at radius 1 is 1.25 bits per heavy atom. The number of imidazole rings is 1. The van der Waals surface area contributed by atoms with Crippen molar-refractivity contribution in [2.75, 3.05) is 13.1 Å². The second kappa shape index (κ2) is 7.07. The van der Waals surface area contributed by atoms with Gasteiger partial charge < -0.3 is 14.8 Å². The van der Waals surface area contributed by atoms with Crippen LogP contribution in [0, 0.1) is 13.8 Å². The predicted molar refractivity (Wildman–Crippen MR) is 95.0 cm³/mol. The first-order valence-corrected chi connectivity index (χ1v) is 8.68. The molecule has 1 saturated heterocycles. The molecule has 128 valence electrons. The van der Waals surface area contributed by atoms with Crippen LogP contribution in [0.5, 0.6) is 0 Å². The van der Waals surface area contributed by atoms with Crippen molar-refractivity contribution in [3.8, 4) is 0 Å². The second-order valence-corrected chi connectivity index (χ2v) is 6.66. The van der Waals surface area contributed by atoms with Crippen LogP contribution in [0.1, 0.15) is 41.9 Å². The molecule has 1 aromatic heterocycles. The molecule has 24 heavy (non-hydrogen) atoms. The minimum atomic E-state index is 0.0112. The molecule has 0 bridgehead atoms. The van der Waals surface area contributed by atoms with Gasteiger partial charge in [0.05, 0.1) is 5.92 Å². The number of likely N-dealkylation sites (tertiary alicyclic amines) is 1. The molecule has 0 unspecified atom stereocenters. The Bertz CT molecular complexity index is 699. The fourth-order valence-electron chi connectivity index (χ4n) is 3.12. The molecule has 0 radical (unpaired) electrons. The Kier molecular flexibility index (Phi) is 4.88. The number of carbonyl (C=O) groups excluding carboxylic acids is 1. The molecule has 2 aromatic rings. The van der Waals surface area contributed by atoms with Gasteiger partial charge in [0.1, 0.15) is 5.82 Å². The lowest BCUT2D eigenvalue weighted by molar-refractivity contribution is 0.146. The highest BCUT2D eigenvalue weighted by Crippen LogP contribution is 2.27. The maximum atomic E-state index is 12.2. The van der Waals surface area contributed by atoms with Crippen molar-refractivity contribution < 1.29 is 4.79 Å². The molecule has 1 fully saturated rings. The molecular weight excluding hydrogens is 300 g/mol. The van der Waals surface area contributed by atoms with Crippen molar-refractivity contribution in [2.24, 2.45) is 0 Å². The summed E-state index contributed by atoms with van der Waals surface area (Å²) in [5.74, 6) is 1.48. The van der Waals surface area contributed by atoms with Crippen LogP contribution in [-0.2, 0) is 13.1 Å². The van der Waals surface area contributed by atoms with Gasteiger partial charge in [-0.05, 0) is 25.8 Å².